The summed E-state index contributed by atoms with van der Waals surface area (Å²) in [5.74, 6) is 0.00907. The zero-order valence-corrected chi connectivity index (χ0v) is 17.4. The van der Waals surface area contributed by atoms with Crippen LogP contribution in [0.5, 0.6) is 0 Å². The summed E-state index contributed by atoms with van der Waals surface area (Å²) in [6.45, 7) is 11.5. The van der Waals surface area contributed by atoms with Crippen molar-refractivity contribution in [3.05, 3.63) is 23.5 Å². The molecule has 1 saturated heterocycles. The van der Waals surface area contributed by atoms with Gasteiger partial charge in [0.05, 0.1) is 17.1 Å². The average molecular weight is 386 g/mol. The smallest absolute Gasteiger partial charge is 0.339 e. The second-order valence-electron chi connectivity index (χ2n) is 8.33. The minimum absolute atomic E-state index is 0.124. The van der Waals surface area contributed by atoms with Crippen molar-refractivity contribution in [2.75, 3.05) is 19.7 Å². The van der Waals surface area contributed by atoms with E-state index in [1.54, 1.807) is 21.8 Å². The molecule has 28 heavy (non-hydrogen) atoms. The summed E-state index contributed by atoms with van der Waals surface area (Å²) in [6, 6.07) is 1.88. The lowest BCUT2D eigenvalue weighted by atomic mass is 10.0. The molecule has 0 spiro atoms. The molecule has 0 unspecified atom stereocenters. The maximum atomic E-state index is 12.8. The highest BCUT2D eigenvalue weighted by molar-refractivity contribution is 6.03. The van der Waals surface area contributed by atoms with Crippen LogP contribution in [-0.2, 0) is 9.53 Å². The Morgan fingerprint density at radius 1 is 1.29 bits per heavy atom. The molecule has 0 radical (unpaired) electrons. The predicted molar refractivity (Wildman–Crippen MR) is 107 cm³/mol. The standard InChI is InChI=1S/C21H30N4O3/c1-13(2)18-9-16(17-10-22-25(14(3)4)20(17)23-18)21(27)28-12-19(26)24-8-6-7-15(5)11-24/h9-10,13-15H,6-8,11-12H2,1-5H3/t15-/m0/s1. The SMILES string of the molecule is CC(C)c1cc(C(=O)OCC(=O)N2CCC[C@H](C)C2)c2cnn(C(C)C)c2n1. The van der Waals surface area contributed by atoms with E-state index in [1.165, 1.54) is 0 Å². The van der Waals surface area contributed by atoms with E-state index in [1.807, 2.05) is 27.7 Å². The van der Waals surface area contributed by atoms with Crippen LogP contribution in [-0.4, -0.2) is 51.2 Å². The van der Waals surface area contributed by atoms with E-state index >= 15 is 0 Å². The molecule has 1 atom stereocenters. The summed E-state index contributed by atoms with van der Waals surface area (Å²) in [6.07, 6.45) is 3.78. The largest absolute Gasteiger partial charge is 0.452 e. The van der Waals surface area contributed by atoms with Gasteiger partial charge in [0.25, 0.3) is 5.91 Å². The third-order valence-electron chi connectivity index (χ3n) is 5.22. The van der Waals surface area contributed by atoms with Gasteiger partial charge in [-0.15, -0.1) is 0 Å². The van der Waals surface area contributed by atoms with E-state index in [4.69, 9.17) is 9.72 Å². The van der Waals surface area contributed by atoms with Crippen molar-refractivity contribution in [1.29, 1.82) is 0 Å². The van der Waals surface area contributed by atoms with Crippen molar-refractivity contribution in [2.24, 2.45) is 5.92 Å². The van der Waals surface area contributed by atoms with Crippen LogP contribution < -0.4 is 0 Å². The van der Waals surface area contributed by atoms with E-state index in [0.717, 1.165) is 31.6 Å². The minimum Gasteiger partial charge on any atom is -0.452 e. The van der Waals surface area contributed by atoms with E-state index in [9.17, 15) is 9.59 Å². The van der Waals surface area contributed by atoms with Gasteiger partial charge in [-0.05, 0) is 44.6 Å². The fraction of sp³-hybridized carbons (Fsp3) is 0.619. The number of carbonyl (C=O) groups is 2. The highest BCUT2D eigenvalue weighted by atomic mass is 16.5. The molecule has 1 amide bonds. The maximum absolute atomic E-state index is 12.8. The Bertz CT molecular complexity index is 872. The van der Waals surface area contributed by atoms with Crippen molar-refractivity contribution in [3.8, 4) is 0 Å². The number of nitrogens with zero attached hydrogens (tertiary/aromatic N) is 4. The highest BCUT2D eigenvalue weighted by Crippen LogP contribution is 2.25. The third-order valence-corrected chi connectivity index (χ3v) is 5.22. The molecule has 7 heteroatoms. The molecule has 2 aromatic rings. The number of hydrogen-bond donors (Lipinski definition) is 0. The summed E-state index contributed by atoms with van der Waals surface area (Å²) < 4.78 is 7.20. The molecule has 3 rings (SSSR count). The molecular formula is C21H30N4O3. The van der Waals surface area contributed by atoms with E-state index in [0.29, 0.717) is 22.5 Å². The number of pyridine rings is 1. The quantitative estimate of drug-likeness (QED) is 0.735. The van der Waals surface area contributed by atoms with Gasteiger partial charge in [0.15, 0.2) is 12.3 Å². The molecule has 152 valence electrons. The number of amides is 1. The number of fused-ring (bicyclic) bond motifs is 1. The van der Waals surface area contributed by atoms with Gasteiger partial charge < -0.3 is 9.64 Å². The molecule has 0 N–H and O–H groups in total. The Kier molecular flexibility index (Phi) is 6.01. The lowest BCUT2D eigenvalue weighted by Gasteiger charge is -2.30. The topological polar surface area (TPSA) is 77.3 Å². The van der Waals surface area contributed by atoms with Gasteiger partial charge in [0, 0.05) is 24.8 Å². The average Bonchev–Trinajstić information content (AvgIpc) is 3.09. The van der Waals surface area contributed by atoms with Gasteiger partial charge in [-0.1, -0.05) is 20.8 Å². The van der Waals surface area contributed by atoms with Gasteiger partial charge in [0.1, 0.15) is 0 Å². The first-order valence-electron chi connectivity index (χ1n) is 10.1. The van der Waals surface area contributed by atoms with Crippen LogP contribution in [0.4, 0.5) is 0 Å². The number of carbonyl (C=O) groups excluding carboxylic acids is 2. The number of rotatable bonds is 5. The Morgan fingerprint density at radius 3 is 2.68 bits per heavy atom. The number of esters is 1. The van der Waals surface area contributed by atoms with Crippen LogP contribution in [0.1, 0.15) is 75.5 Å². The minimum atomic E-state index is -0.504. The zero-order chi connectivity index (χ0) is 20.4. The van der Waals surface area contributed by atoms with Gasteiger partial charge in [0.2, 0.25) is 0 Å². The molecule has 1 aliphatic heterocycles. The van der Waals surface area contributed by atoms with E-state index in [2.05, 4.69) is 12.0 Å². The highest BCUT2D eigenvalue weighted by Gasteiger charge is 2.24. The second-order valence-corrected chi connectivity index (χ2v) is 8.33. The molecular weight excluding hydrogens is 356 g/mol. The van der Waals surface area contributed by atoms with Crippen molar-refractivity contribution < 1.29 is 14.3 Å². The van der Waals surface area contributed by atoms with Crippen molar-refractivity contribution >= 4 is 22.9 Å². The number of hydrogen-bond acceptors (Lipinski definition) is 5. The van der Waals surface area contributed by atoms with Crippen molar-refractivity contribution in [3.63, 3.8) is 0 Å². The van der Waals surface area contributed by atoms with Gasteiger partial charge >= 0.3 is 5.97 Å². The monoisotopic (exact) mass is 386 g/mol. The summed E-state index contributed by atoms with van der Waals surface area (Å²) >= 11 is 0. The predicted octanol–water partition coefficient (Wildman–Crippen LogP) is 3.55. The zero-order valence-electron chi connectivity index (χ0n) is 17.4. The maximum Gasteiger partial charge on any atom is 0.339 e. The summed E-state index contributed by atoms with van der Waals surface area (Å²) in [7, 11) is 0. The molecule has 0 aliphatic carbocycles. The van der Waals surface area contributed by atoms with Crippen LogP contribution in [0.15, 0.2) is 12.3 Å². The normalized spacial score (nSPS) is 17.5. The first kappa shape index (κ1) is 20.3. The molecule has 2 aromatic heterocycles. The van der Waals surface area contributed by atoms with Gasteiger partial charge in [-0.3, -0.25) is 4.79 Å². The van der Waals surface area contributed by atoms with Crippen LogP contribution in [0.3, 0.4) is 0 Å². The van der Waals surface area contributed by atoms with E-state index < -0.39 is 5.97 Å². The molecule has 7 nitrogen and oxygen atoms in total. The Morgan fingerprint density at radius 2 is 2.04 bits per heavy atom. The summed E-state index contributed by atoms with van der Waals surface area (Å²) in [5, 5.41) is 5.04. The van der Waals surface area contributed by atoms with Gasteiger partial charge in [-0.2, -0.15) is 5.10 Å². The number of aromatic nitrogens is 3. The lowest BCUT2D eigenvalue weighted by molar-refractivity contribution is -0.136. The number of likely N-dealkylation sites (tertiary alicyclic amines) is 1. The van der Waals surface area contributed by atoms with Gasteiger partial charge in [-0.25, -0.2) is 14.5 Å². The van der Waals surface area contributed by atoms with Crippen LogP contribution in [0, 0.1) is 5.92 Å². The number of ether oxygens (including phenoxy) is 1. The second kappa shape index (κ2) is 8.29. The molecule has 3 heterocycles. The molecule has 0 saturated carbocycles. The van der Waals surface area contributed by atoms with E-state index in [-0.39, 0.29) is 24.5 Å². The first-order valence-corrected chi connectivity index (χ1v) is 10.1. The van der Waals surface area contributed by atoms with Crippen LogP contribution in [0.2, 0.25) is 0 Å². The Balaban J connectivity index is 1.81. The summed E-state index contributed by atoms with van der Waals surface area (Å²) in [5.41, 5.74) is 1.89. The van der Waals surface area contributed by atoms with Crippen LogP contribution in [0.25, 0.3) is 11.0 Å². The molecule has 1 fully saturated rings. The Hall–Kier alpha value is -2.44. The molecule has 0 bridgehead atoms. The Labute approximate surface area is 166 Å². The third kappa shape index (κ3) is 4.18. The van der Waals surface area contributed by atoms with Crippen LogP contribution >= 0.6 is 0 Å². The lowest BCUT2D eigenvalue weighted by Crippen LogP contribution is -2.41. The summed E-state index contributed by atoms with van der Waals surface area (Å²) in [4.78, 5) is 31.7. The van der Waals surface area contributed by atoms with Crippen molar-refractivity contribution in [1.82, 2.24) is 19.7 Å². The van der Waals surface area contributed by atoms with Crippen molar-refractivity contribution in [2.45, 2.75) is 59.4 Å². The molecule has 0 aromatic carbocycles. The fourth-order valence-corrected chi connectivity index (χ4v) is 3.59. The fourth-order valence-electron chi connectivity index (χ4n) is 3.59. The first-order chi connectivity index (χ1) is 13.3. The number of piperidine rings is 1. The molecule has 1 aliphatic rings.